The lowest BCUT2D eigenvalue weighted by Crippen LogP contribution is -2.52. The van der Waals surface area contributed by atoms with Crippen molar-refractivity contribution in [3.8, 4) is 5.75 Å². The first-order valence-electron chi connectivity index (χ1n) is 9.70. The van der Waals surface area contributed by atoms with E-state index < -0.39 is 0 Å². The van der Waals surface area contributed by atoms with Crippen molar-refractivity contribution in [3.63, 3.8) is 0 Å². The van der Waals surface area contributed by atoms with E-state index in [0.717, 1.165) is 31.4 Å². The molecule has 0 radical (unpaired) electrons. The second kappa shape index (κ2) is 5.70. The third-order valence-electron chi connectivity index (χ3n) is 7.53. The standard InChI is InChI=1S/C21H28O4/c1-21-11-17(22)19-14-6-4-13(23-2)9-12(14)3-5-15(19)16(21)10-18-20(21)25-8-7-24-18/h4,6,9,15-20,22H,3,5,7-8,10-11H2,1-2H3/t15-,16-,17-,18?,19+,20?,21-/m0/s1. The molecular formula is C21H28O4. The maximum Gasteiger partial charge on any atom is 0.119 e. The minimum absolute atomic E-state index is 0.0373. The topological polar surface area (TPSA) is 47.9 Å². The second-order valence-electron chi connectivity index (χ2n) is 8.61. The molecule has 0 aromatic heterocycles. The minimum Gasteiger partial charge on any atom is -0.497 e. The Kier molecular flexibility index (Phi) is 3.67. The summed E-state index contributed by atoms with van der Waals surface area (Å²) in [5.41, 5.74) is 2.73. The second-order valence-corrected chi connectivity index (χ2v) is 8.61. The van der Waals surface area contributed by atoms with Crippen LogP contribution in [0.3, 0.4) is 0 Å². The first kappa shape index (κ1) is 16.1. The minimum atomic E-state index is -0.303. The van der Waals surface area contributed by atoms with Crippen LogP contribution in [-0.2, 0) is 15.9 Å². The van der Waals surface area contributed by atoms with E-state index in [0.29, 0.717) is 25.0 Å². The Hall–Kier alpha value is -1.10. The first-order valence-corrected chi connectivity index (χ1v) is 9.70. The largest absolute Gasteiger partial charge is 0.497 e. The molecule has 7 atom stereocenters. The van der Waals surface area contributed by atoms with Crippen LogP contribution in [0.1, 0.15) is 43.2 Å². The van der Waals surface area contributed by atoms with Gasteiger partial charge in [0.15, 0.2) is 0 Å². The van der Waals surface area contributed by atoms with Gasteiger partial charge in [0.05, 0.1) is 38.6 Å². The molecule has 0 bridgehead atoms. The third kappa shape index (κ3) is 2.23. The summed E-state index contributed by atoms with van der Waals surface area (Å²) in [6, 6.07) is 6.39. The molecule has 1 N–H and O–H groups in total. The molecule has 4 heteroatoms. The summed E-state index contributed by atoms with van der Waals surface area (Å²) in [5, 5.41) is 11.2. The molecule has 3 aliphatic carbocycles. The molecule has 5 rings (SSSR count). The van der Waals surface area contributed by atoms with Gasteiger partial charge >= 0.3 is 0 Å². The van der Waals surface area contributed by atoms with E-state index in [9.17, 15) is 5.11 Å². The summed E-state index contributed by atoms with van der Waals surface area (Å²) >= 11 is 0. The Morgan fingerprint density at radius 2 is 2.08 bits per heavy atom. The lowest BCUT2D eigenvalue weighted by molar-refractivity contribution is -0.171. The average Bonchev–Trinajstić information content (AvgIpc) is 2.93. The zero-order valence-electron chi connectivity index (χ0n) is 15.1. The van der Waals surface area contributed by atoms with Crippen molar-refractivity contribution < 1.29 is 19.3 Å². The Labute approximate surface area is 149 Å². The molecule has 1 heterocycles. The highest BCUT2D eigenvalue weighted by molar-refractivity contribution is 5.41. The number of aryl methyl sites for hydroxylation is 1. The number of rotatable bonds is 1. The molecule has 1 aromatic carbocycles. The van der Waals surface area contributed by atoms with Gasteiger partial charge in [0, 0.05) is 11.3 Å². The van der Waals surface area contributed by atoms with Gasteiger partial charge in [0.25, 0.3) is 0 Å². The van der Waals surface area contributed by atoms with Crippen LogP contribution in [0.2, 0.25) is 0 Å². The van der Waals surface area contributed by atoms with Crippen LogP contribution >= 0.6 is 0 Å². The zero-order valence-corrected chi connectivity index (χ0v) is 15.1. The first-order chi connectivity index (χ1) is 12.1. The molecule has 1 saturated heterocycles. The van der Waals surface area contributed by atoms with Crippen LogP contribution in [-0.4, -0.2) is 43.7 Å². The van der Waals surface area contributed by atoms with Crippen LogP contribution in [0.4, 0.5) is 0 Å². The maximum absolute atomic E-state index is 11.2. The molecule has 2 unspecified atom stereocenters. The predicted octanol–water partition coefficient (Wildman–Crippen LogP) is 2.92. The van der Waals surface area contributed by atoms with Crippen LogP contribution < -0.4 is 4.74 Å². The third-order valence-corrected chi connectivity index (χ3v) is 7.53. The highest BCUT2D eigenvalue weighted by atomic mass is 16.6. The van der Waals surface area contributed by atoms with Gasteiger partial charge in [-0.25, -0.2) is 0 Å². The highest BCUT2D eigenvalue weighted by Crippen LogP contribution is 2.62. The lowest BCUT2D eigenvalue weighted by atomic mass is 9.54. The quantitative estimate of drug-likeness (QED) is 0.851. The van der Waals surface area contributed by atoms with Crippen LogP contribution in [0.15, 0.2) is 18.2 Å². The fraction of sp³-hybridized carbons (Fsp3) is 0.714. The molecule has 25 heavy (non-hydrogen) atoms. The zero-order chi connectivity index (χ0) is 17.2. The fourth-order valence-corrected chi connectivity index (χ4v) is 6.54. The number of ether oxygens (including phenoxy) is 3. The molecule has 136 valence electrons. The number of fused-ring (bicyclic) bond motifs is 7. The summed E-state index contributed by atoms with van der Waals surface area (Å²) in [6.07, 6.45) is 4.18. The lowest BCUT2D eigenvalue weighted by Gasteiger charge is -2.52. The normalized spacial score (nSPS) is 45.1. The van der Waals surface area contributed by atoms with Crippen molar-refractivity contribution in [1.82, 2.24) is 0 Å². The SMILES string of the molecule is COc1ccc2c(c1)CC[C@@H]1[C@@H]2[C@@H](O)C[C@]2(C)C3OCCOC3C[C@@H]12. The van der Waals surface area contributed by atoms with E-state index in [2.05, 4.69) is 19.1 Å². The van der Waals surface area contributed by atoms with Gasteiger partial charge in [-0.05, 0) is 60.8 Å². The maximum atomic E-state index is 11.2. The molecule has 0 spiro atoms. The number of aliphatic hydroxyl groups is 1. The number of hydrogen-bond donors (Lipinski definition) is 1. The van der Waals surface area contributed by atoms with Gasteiger partial charge in [-0.15, -0.1) is 0 Å². The molecular weight excluding hydrogens is 316 g/mol. The van der Waals surface area contributed by atoms with E-state index in [1.807, 2.05) is 6.07 Å². The molecule has 3 fully saturated rings. The van der Waals surface area contributed by atoms with E-state index in [4.69, 9.17) is 14.2 Å². The highest BCUT2D eigenvalue weighted by Gasteiger charge is 2.62. The van der Waals surface area contributed by atoms with Gasteiger partial charge in [0.2, 0.25) is 0 Å². The Morgan fingerprint density at radius 3 is 2.92 bits per heavy atom. The van der Waals surface area contributed by atoms with Crippen LogP contribution in [0.25, 0.3) is 0 Å². The molecule has 1 aliphatic heterocycles. The van der Waals surface area contributed by atoms with E-state index in [1.165, 1.54) is 11.1 Å². The Bertz CT molecular complexity index is 674. The number of aliphatic hydroxyl groups excluding tert-OH is 1. The monoisotopic (exact) mass is 344 g/mol. The molecule has 4 nitrogen and oxygen atoms in total. The van der Waals surface area contributed by atoms with Crippen molar-refractivity contribution in [1.29, 1.82) is 0 Å². The number of benzene rings is 1. The average molecular weight is 344 g/mol. The van der Waals surface area contributed by atoms with Crippen molar-refractivity contribution >= 4 is 0 Å². The summed E-state index contributed by atoms with van der Waals surface area (Å²) in [4.78, 5) is 0. The van der Waals surface area contributed by atoms with E-state index >= 15 is 0 Å². The van der Waals surface area contributed by atoms with E-state index in [-0.39, 0.29) is 29.6 Å². The van der Waals surface area contributed by atoms with Crippen molar-refractivity contribution in [3.05, 3.63) is 29.3 Å². The molecule has 2 saturated carbocycles. The number of hydrogen-bond acceptors (Lipinski definition) is 4. The Morgan fingerprint density at radius 1 is 1.24 bits per heavy atom. The summed E-state index contributed by atoms with van der Waals surface area (Å²) in [5.74, 6) is 2.26. The van der Waals surface area contributed by atoms with Crippen molar-refractivity contribution in [2.24, 2.45) is 17.3 Å². The van der Waals surface area contributed by atoms with Crippen molar-refractivity contribution in [2.75, 3.05) is 20.3 Å². The summed E-state index contributed by atoms with van der Waals surface area (Å²) in [6.45, 7) is 3.74. The molecule has 1 aromatic rings. The summed E-state index contributed by atoms with van der Waals surface area (Å²) in [7, 11) is 1.72. The van der Waals surface area contributed by atoms with Crippen LogP contribution in [0.5, 0.6) is 5.75 Å². The number of methoxy groups -OCH3 is 1. The van der Waals surface area contributed by atoms with Crippen molar-refractivity contribution in [2.45, 2.75) is 56.8 Å². The predicted molar refractivity (Wildman–Crippen MR) is 93.9 cm³/mol. The van der Waals surface area contributed by atoms with Gasteiger partial charge in [-0.1, -0.05) is 13.0 Å². The fourth-order valence-electron chi connectivity index (χ4n) is 6.54. The molecule has 0 amide bonds. The van der Waals surface area contributed by atoms with E-state index in [1.54, 1.807) is 7.11 Å². The van der Waals surface area contributed by atoms with Gasteiger partial charge in [-0.2, -0.15) is 0 Å². The van der Waals surface area contributed by atoms with Crippen LogP contribution in [0, 0.1) is 17.3 Å². The van der Waals surface area contributed by atoms with Gasteiger partial charge < -0.3 is 19.3 Å². The smallest absolute Gasteiger partial charge is 0.119 e. The van der Waals surface area contributed by atoms with Gasteiger partial charge in [-0.3, -0.25) is 0 Å². The Balaban J connectivity index is 1.52. The summed E-state index contributed by atoms with van der Waals surface area (Å²) < 4.78 is 17.6. The van der Waals surface area contributed by atoms with Gasteiger partial charge in [0.1, 0.15) is 5.75 Å². The molecule has 4 aliphatic rings.